The molecular formula is C26H22AsClO. The summed E-state index contributed by atoms with van der Waals surface area (Å²) in [6.45, 7) is 0. The predicted molar refractivity (Wildman–Crippen MR) is 120 cm³/mol. The van der Waals surface area contributed by atoms with Crippen LogP contribution in [-0.2, 0) is 0 Å². The summed E-state index contributed by atoms with van der Waals surface area (Å²) in [6, 6.07) is 41.5. The Labute approximate surface area is 181 Å². The largest absolute Gasteiger partial charge is 1.00 e. The van der Waals surface area contributed by atoms with Gasteiger partial charge in [0, 0.05) is 0 Å². The standard InChI is InChI=1S/C26H22AsO.ClH/c28-26(22-13-5-1-6-14-22)21-27(23-15-7-2-8-16-23,24-17-9-3-10-18-24)25-19-11-4-12-20-25;/h1-20H,21H2;1H/q+1;/p-1. The fourth-order valence-corrected chi connectivity index (χ4v) is 12.3. The molecule has 1 nitrogen and oxygen atoms in total. The summed E-state index contributed by atoms with van der Waals surface area (Å²) < 4.78 is 3.88. The number of halogens is 1. The van der Waals surface area contributed by atoms with Gasteiger partial charge in [-0.05, 0) is 0 Å². The van der Waals surface area contributed by atoms with Crippen molar-refractivity contribution in [2.45, 2.75) is 5.21 Å². The van der Waals surface area contributed by atoms with E-state index >= 15 is 0 Å². The summed E-state index contributed by atoms with van der Waals surface area (Å²) >= 11 is -2.99. The minimum atomic E-state index is -2.99. The fraction of sp³-hybridized carbons (Fsp3) is 0.0385. The molecule has 144 valence electrons. The third-order valence-electron chi connectivity index (χ3n) is 5.07. The molecule has 0 spiro atoms. The molecule has 0 N–H and O–H groups in total. The second-order valence-electron chi connectivity index (χ2n) is 6.76. The predicted octanol–water partition coefficient (Wildman–Crippen LogP) is 1.04. The van der Waals surface area contributed by atoms with Crippen LogP contribution in [0.2, 0.25) is 5.21 Å². The molecule has 0 radical (unpaired) electrons. The van der Waals surface area contributed by atoms with E-state index in [9.17, 15) is 4.79 Å². The maximum absolute atomic E-state index is 13.4. The average molecular weight is 461 g/mol. The van der Waals surface area contributed by atoms with Gasteiger partial charge in [-0.25, -0.2) is 0 Å². The number of Topliss-reactive ketones (excluding diaryl/α,β-unsaturated/α-hetero) is 1. The second kappa shape index (κ2) is 9.74. The molecule has 0 aromatic heterocycles. The molecule has 4 aromatic carbocycles. The first kappa shape index (κ1) is 21.1. The number of hydrogen-bond donors (Lipinski definition) is 0. The quantitative estimate of drug-likeness (QED) is 0.310. The summed E-state index contributed by atoms with van der Waals surface area (Å²) in [5, 5.41) is 0.542. The summed E-state index contributed by atoms with van der Waals surface area (Å²) in [7, 11) is 0. The number of rotatable bonds is 6. The van der Waals surface area contributed by atoms with Crippen LogP contribution < -0.4 is 25.5 Å². The number of ketones is 1. The van der Waals surface area contributed by atoms with Crippen molar-refractivity contribution in [3.8, 4) is 0 Å². The summed E-state index contributed by atoms with van der Waals surface area (Å²) in [6.07, 6.45) is 0. The molecular weight excluding hydrogens is 439 g/mol. The normalized spacial score (nSPS) is 10.8. The van der Waals surface area contributed by atoms with Crippen molar-refractivity contribution >= 4 is 32.4 Å². The summed E-state index contributed by atoms with van der Waals surface area (Å²) in [4.78, 5) is 13.4. The number of carbonyl (C=O) groups excluding carboxylic acids is 1. The van der Waals surface area contributed by atoms with Crippen molar-refractivity contribution in [3.05, 3.63) is 127 Å². The van der Waals surface area contributed by atoms with Gasteiger partial charge in [0.2, 0.25) is 0 Å². The van der Waals surface area contributed by atoms with Crippen molar-refractivity contribution in [2.75, 3.05) is 0 Å². The molecule has 0 aliphatic carbocycles. The maximum Gasteiger partial charge on any atom is -1.00 e. The van der Waals surface area contributed by atoms with E-state index in [0.29, 0.717) is 5.21 Å². The van der Waals surface area contributed by atoms with Gasteiger partial charge in [-0.1, -0.05) is 0 Å². The van der Waals surface area contributed by atoms with Gasteiger partial charge in [-0.3, -0.25) is 0 Å². The Morgan fingerprint density at radius 1 is 0.517 bits per heavy atom. The van der Waals surface area contributed by atoms with Gasteiger partial charge < -0.3 is 12.4 Å². The van der Waals surface area contributed by atoms with Crippen molar-refractivity contribution in [3.63, 3.8) is 0 Å². The van der Waals surface area contributed by atoms with E-state index in [1.165, 1.54) is 13.1 Å². The number of carbonyl (C=O) groups is 1. The second-order valence-corrected chi connectivity index (χ2v) is 14.1. The smallest absolute Gasteiger partial charge is 1.00 e. The molecule has 3 heteroatoms. The molecule has 4 rings (SSSR count). The third kappa shape index (κ3) is 4.37. The Kier molecular flexibility index (Phi) is 7.09. The van der Waals surface area contributed by atoms with Crippen molar-refractivity contribution in [1.82, 2.24) is 0 Å². The molecule has 0 atom stereocenters. The molecule has 0 unspecified atom stereocenters. The molecule has 0 bridgehead atoms. The zero-order chi connectivity index (χ0) is 19.2. The van der Waals surface area contributed by atoms with E-state index in [2.05, 4.69) is 72.8 Å². The van der Waals surface area contributed by atoms with Crippen molar-refractivity contribution in [1.29, 1.82) is 0 Å². The first-order valence-electron chi connectivity index (χ1n) is 9.44. The Hall–Kier alpha value is -2.60. The van der Waals surface area contributed by atoms with E-state index in [4.69, 9.17) is 0 Å². The molecule has 0 heterocycles. The summed E-state index contributed by atoms with van der Waals surface area (Å²) in [5.74, 6) is 0.213. The third-order valence-corrected chi connectivity index (χ3v) is 14.1. The molecule has 0 aliphatic rings. The van der Waals surface area contributed by atoms with Gasteiger partial charge in [0.1, 0.15) is 0 Å². The SMILES string of the molecule is O=C(C[As+](c1ccccc1)(c1ccccc1)c1ccccc1)c1ccccc1.[Cl-]. The topological polar surface area (TPSA) is 17.1 Å². The van der Waals surface area contributed by atoms with E-state index in [1.54, 1.807) is 0 Å². The van der Waals surface area contributed by atoms with E-state index in [0.717, 1.165) is 5.56 Å². The number of benzene rings is 4. The first-order chi connectivity index (χ1) is 13.8. The van der Waals surface area contributed by atoms with E-state index in [1.807, 2.05) is 48.5 Å². The Balaban J connectivity index is 0.00000240. The van der Waals surface area contributed by atoms with Crippen molar-refractivity contribution < 1.29 is 17.2 Å². The Morgan fingerprint density at radius 3 is 1.17 bits per heavy atom. The minimum Gasteiger partial charge on any atom is -1.00 e. The van der Waals surface area contributed by atoms with Gasteiger partial charge in [-0.15, -0.1) is 0 Å². The monoisotopic (exact) mass is 460 g/mol. The fourth-order valence-electron chi connectivity index (χ4n) is 3.70. The molecule has 0 aliphatic heterocycles. The molecule has 0 amide bonds. The van der Waals surface area contributed by atoms with Crippen LogP contribution in [-0.4, -0.2) is 19.3 Å². The average Bonchev–Trinajstić information content (AvgIpc) is 2.80. The van der Waals surface area contributed by atoms with Gasteiger partial charge in [0.15, 0.2) is 0 Å². The van der Waals surface area contributed by atoms with Crippen LogP contribution in [0.3, 0.4) is 0 Å². The van der Waals surface area contributed by atoms with Gasteiger partial charge in [0.05, 0.1) is 0 Å². The molecule has 0 saturated carbocycles. The Bertz CT molecular complexity index is 938. The Morgan fingerprint density at radius 2 is 0.828 bits per heavy atom. The van der Waals surface area contributed by atoms with Gasteiger partial charge in [0.25, 0.3) is 0 Å². The maximum atomic E-state index is 13.4. The summed E-state index contributed by atoms with van der Waals surface area (Å²) in [5.41, 5.74) is 0.788. The van der Waals surface area contributed by atoms with Crippen LogP contribution in [0.4, 0.5) is 0 Å². The van der Waals surface area contributed by atoms with Crippen LogP contribution >= 0.6 is 0 Å². The number of hydrogen-bond acceptors (Lipinski definition) is 1. The molecule has 0 saturated heterocycles. The van der Waals surface area contributed by atoms with Crippen LogP contribution in [0.15, 0.2) is 121 Å². The van der Waals surface area contributed by atoms with Crippen LogP contribution in [0.25, 0.3) is 0 Å². The van der Waals surface area contributed by atoms with E-state index < -0.39 is 13.6 Å². The van der Waals surface area contributed by atoms with Gasteiger partial charge in [-0.2, -0.15) is 0 Å². The zero-order valence-corrected chi connectivity index (χ0v) is 18.6. The molecule has 29 heavy (non-hydrogen) atoms. The molecule has 0 fully saturated rings. The zero-order valence-electron chi connectivity index (χ0n) is 16.0. The van der Waals surface area contributed by atoms with Gasteiger partial charge >= 0.3 is 169 Å². The molecule has 4 aromatic rings. The minimum absolute atomic E-state index is 0. The van der Waals surface area contributed by atoms with Crippen molar-refractivity contribution in [2.24, 2.45) is 0 Å². The van der Waals surface area contributed by atoms with Crippen LogP contribution in [0.1, 0.15) is 10.4 Å². The van der Waals surface area contributed by atoms with Crippen LogP contribution in [0.5, 0.6) is 0 Å². The van der Waals surface area contributed by atoms with E-state index in [-0.39, 0.29) is 18.2 Å². The first-order valence-corrected chi connectivity index (χ1v) is 13.6. The van der Waals surface area contributed by atoms with Crippen LogP contribution in [0, 0.1) is 0 Å².